The molecule has 0 aliphatic rings. The van der Waals surface area contributed by atoms with Gasteiger partial charge in [-0.25, -0.2) is 13.6 Å². The molecule has 2 N–H and O–H groups in total. The largest absolute Gasteiger partial charge is 0.440 e. The highest BCUT2D eigenvalue weighted by molar-refractivity contribution is 7.89. The van der Waals surface area contributed by atoms with Crippen LogP contribution in [0.1, 0.15) is 0 Å². The minimum absolute atomic E-state index is 0.0216. The molecule has 0 spiro atoms. The van der Waals surface area contributed by atoms with E-state index in [1.807, 2.05) is 18.2 Å². The normalized spacial score (nSPS) is 11.5. The van der Waals surface area contributed by atoms with E-state index in [0.29, 0.717) is 23.6 Å². The van der Waals surface area contributed by atoms with Crippen molar-refractivity contribution in [3.05, 3.63) is 54.6 Å². The number of sulfonamides is 1. The number of nitrogens with two attached hydrogens (primary N) is 1. The van der Waals surface area contributed by atoms with Crippen LogP contribution in [0.5, 0.6) is 0 Å². The Morgan fingerprint density at radius 2 is 1.73 bits per heavy atom. The van der Waals surface area contributed by atoms with E-state index < -0.39 is 10.0 Å². The van der Waals surface area contributed by atoms with E-state index in [2.05, 4.69) is 0 Å². The molecule has 1 heterocycles. The van der Waals surface area contributed by atoms with Crippen molar-refractivity contribution in [1.29, 1.82) is 0 Å². The van der Waals surface area contributed by atoms with Crippen LogP contribution in [0.25, 0.3) is 11.0 Å². The summed E-state index contributed by atoms with van der Waals surface area (Å²) in [4.78, 5) is 12.7. The van der Waals surface area contributed by atoms with Gasteiger partial charge in [-0.2, -0.15) is 0 Å². The van der Waals surface area contributed by atoms with E-state index in [1.54, 1.807) is 12.1 Å². The highest BCUT2D eigenvalue weighted by Crippen LogP contribution is 2.30. The average molecular weight is 316 g/mol. The number of benzene rings is 2. The van der Waals surface area contributed by atoms with Crippen molar-refractivity contribution in [1.82, 2.24) is 0 Å². The summed E-state index contributed by atoms with van der Waals surface area (Å²) < 4.78 is 28.1. The Balaban J connectivity index is 2.02. The molecule has 0 unspecified atom stereocenters. The van der Waals surface area contributed by atoms with Gasteiger partial charge in [-0.05, 0) is 30.3 Å². The number of furan rings is 1. The smallest absolute Gasteiger partial charge is 0.238 e. The topological polar surface area (TPSA) is 93.6 Å². The second-order valence-electron chi connectivity index (χ2n) is 4.64. The molecular formula is C15H12N2O4S. The minimum Gasteiger partial charge on any atom is -0.440 e. The Morgan fingerprint density at radius 3 is 2.32 bits per heavy atom. The van der Waals surface area contributed by atoms with Crippen molar-refractivity contribution in [3.8, 4) is 0 Å². The third kappa shape index (κ3) is 2.59. The Hall–Kier alpha value is -2.64. The number of amides is 1. The van der Waals surface area contributed by atoms with Crippen molar-refractivity contribution in [2.24, 2.45) is 5.14 Å². The summed E-state index contributed by atoms with van der Waals surface area (Å²) in [6.07, 6.45) is 0.601. The third-order valence-electron chi connectivity index (χ3n) is 3.20. The maximum atomic E-state index is 11.4. The Kier molecular flexibility index (Phi) is 3.44. The van der Waals surface area contributed by atoms with Crippen LogP contribution in [0.4, 0.5) is 11.6 Å². The molecule has 6 nitrogen and oxygen atoms in total. The van der Waals surface area contributed by atoms with E-state index in [4.69, 9.17) is 9.56 Å². The zero-order valence-corrected chi connectivity index (χ0v) is 12.2. The number of hydrogen-bond acceptors (Lipinski definition) is 4. The van der Waals surface area contributed by atoms with Crippen molar-refractivity contribution >= 4 is 39.0 Å². The van der Waals surface area contributed by atoms with E-state index in [0.717, 1.165) is 5.39 Å². The summed E-state index contributed by atoms with van der Waals surface area (Å²) in [6, 6.07) is 14.8. The molecule has 0 radical (unpaired) electrons. The fourth-order valence-corrected chi connectivity index (χ4v) is 2.64. The van der Waals surface area contributed by atoms with E-state index in [-0.39, 0.29) is 4.90 Å². The number of carbonyl (C=O) groups is 1. The van der Waals surface area contributed by atoms with Crippen LogP contribution in [0.3, 0.4) is 0 Å². The lowest BCUT2D eigenvalue weighted by atomic mass is 10.2. The van der Waals surface area contributed by atoms with Crippen LogP contribution in [-0.2, 0) is 14.8 Å². The van der Waals surface area contributed by atoms with Crippen LogP contribution >= 0.6 is 0 Å². The van der Waals surface area contributed by atoms with Gasteiger partial charge >= 0.3 is 0 Å². The van der Waals surface area contributed by atoms with Gasteiger partial charge < -0.3 is 4.42 Å². The van der Waals surface area contributed by atoms with Crippen molar-refractivity contribution in [3.63, 3.8) is 0 Å². The molecule has 0 fully saturated rings. The fraction of sp³-hybridized carbons (Fsp3) is 0. The maximum Gasteiger partial charge on any atom is 0.238 e. The molecule has 0 aliphatic heterocycles. The number of nitrogens with zero attached hydrogens (tertiary/aromatic N) is 1. The minimum atomic E-state index is -3.77. The molecule has 0 aliphatic carbocycles. The first-order valence-electron chi connectivity index (χ1n) is 6.35. The highest BCUT2D eigenvalue weighted by atomic mass is 32.2. The van der Waals surface area contributed by atoms with Crippen LogP contribution in [0.15, 0.2) is 63.9 Å². The highest BCUT2D eigenvalue weighted by Gasteiger charge is 2.15. The van der Waals surface area contributed by atoms with Crippen LogP contribution in [0, 0.1) is 0 Å². The SMILES string of the molecule is NS(=O)(=O)c1ccc(N(C=O)c2cc3ccccc3o2)cc1. The second kappa shape index (κ2) is 5.28. The molecule has 0 bridgehead atoms. The zero-order valence-electron chi connectivity index (χ0n) is 11.3. The summed E-state index contributed by atoms with van der Waals surface area (Å²) in [5.41, 5.74) is 1.13. The molecule has 0 atom stereocenters. The predicted octanol–water partition coefficient (Wildman–Crippen LogP) is 2.37. The lowest BCUT2D eigenvalue weighted by Crippen LogP contribution is -2.15. The number of hydrogen-bond donors (Lipinski definition) is 1. The lowest BCUT2D eigenvalue weighted by molar-refractivity contribution is -0.107. The van der Waals surface area contributed by atoms with Crippen LogP contribution in [0.2, 0.25) is 0 Å². The first kappa shape index (κ1) is 14.3. The molecule has 22 heavy (non-hydrogen) atoms. The second-order valence-corrected chi connectivity index (χ2v) is 6.20. The number of anilines is 2. The molecule has 0 saturated carbocycles. The third-order valence-corrected chi connectivity index (χ3v) is 4.13. The molecule has 1 aromatic heterocycles. The molecule has 3 aromatic rings. The van der Waals surface area contributed by atoms with Crippen LogP contribution < -0.4 is 10.0 Å². The lowest BCUT2D eigenvalue weighted by Gasteiger charge is -2.14. The van der Waals surface area contributed by atoms with Gasteiger partial charge in [0.05, 0.1) is 10.6 Å². The monoisotopic (exact) mass is 316 g/mol. The maximum absolute atomic E-state index is 11.4. The summed E-state index contributed by atoms with van der Waals surface area (Å²) >= 11 is 0. The van der Waals surface area contributed by atoms with E-state index in [9.17, 15) is 13.2 Å². The number of rotatable bonds is 4. The quantitative estimate of drug-likeness (QED) is 0.748. The molecule has 3 rings (SSSR count). The zero-order chi connectivity index (χ0) is 15.7. The van der Waals surface area contributed by atoms with Crippen molar-refractivity contribution in [2.45, 2.75) is 4.90 Å². The van der Waals surface area contributed by atoms with Gasteiger partial charge in [-0.3, -0.25) is 9.69 Å². The summed E-state index contributed by atoms with van der Waals surface area (Å²) in [5.74, 6) is 0.347. The summed E-state index contributed by atoms with van der Waals surface area (Å²) in [7, 11) is -3.77. The van der Waals surface area contributed by atoms with Gasteiger partial charge in [0, 0.05) is 11.5 Å². The van der Waals surface area contributed by atoms with Crippen LogP contribution in [-0.4, -0.2) is 14.8 Å². The van der Waals surface area contributed by atoms with Crippen molar-refractivity contribution in [2.75, 3.05) is 4.90 Å². The standard InChI is InChI=1S/C15H12N2O4S/c16-22(19,20)13-7-5-12(6-8-13)17(10-18)15-9-11-3-1-2-4-14(11)21-15/h1-10H,(H2,16,19,20). The predicted molar refractivity (Wildman–Crippen MR) is 82.2 cm³/mol. The van der Waals surface area contributed by atoms with Gasteiger partial charge in [0.25, 0.3) is 0 Å². The molecule has 0 saturated heterocycles. The average Bonchev–Trinajstić information content (AvgIpc) is 2.91. The van der Waals surface area contributed by atoms with Gasteiger partial charge in [0.15, 0.2) is 0 Å². The number of fused-ring (bicyclic) bond motifs is 1. The first-order valence-corrected chi connectivity index (χ1v) is 7.89. The molecule has 1 amide bonds. The number of carbonyl (C=O) groups excluding carboxylic acids is 1. The Bertz CT molecular complexity index is 897. The number of para-hydroxylation sites is 1. The summed E-state index contributed by atoms with van der Waals surface area (Å²) in [6.45, 7) is 0. The molecule has 7 heteroatoms. The Labute approximate surface area is 126 Å². The molecule has 112 valence electrons. The van der Waals surface area contributed by atoms with Gasteiger partial charge in [-0.1, -0.05) is 18.2 Å². The van der Waals surface area contributed by atoms with Crippen molar-refractivity contribution < 1.29 is 17.6 Å². The number of primary sulfonamides is 1. The van der Waals surface area contributed by atoms with Gasteiger partial charge in [0.1, 0.15) is 5.58 Å². The van der Waals surface area contributed by atoms with Gasteiger partial charge in [-0.15, -0.1) is 0 Å². The molecule has 2 aromatic carbocycles. The Morgan fingerprint density at radius 1 is 1.05 bits per heavy atom. The van der Waals surface area contributed by atoms with E-state index in [1.165, 1.54) is 29.2 Å². The van der Waals surface area contributed by atoms with Gasteiger partial charge in [0.2, 0.25) is 22.3 Å². The molecular weight excluding hydrogens is 304 g/mol. The van der Waals surface area contributed by atoms with E-state index >= 15 is 0 Å². The fourth-order valence-electron chi connectivity index (χ4n) is 2.12. The summed E-state index contributed by atoms with van der Waals surface area (Å²) in [5, 5.41) is 5.91. The first-order chi connectivity index (χ1) is 10.5.